The Kier molecular flexibility index (Phi) is 10.3. The Balaban J connectivity index is 3.29. The summed E-state index contributed by atoms with van der Waals surface area (Å²) in [6, 6.07) is 7.99. The molecule has 0 aromatic rings. The summed E-state index contributed by atoms with van der Waals surface area (Å²) in [5.41, 5.74) is 0. The molecule has 15 heavy (non-hydrogen) atoms. The molecule has 0 aliphatic heterocycles. The van der Waals surface area contributed by atoms with Gasteiger partial charge in [0.05, 0.1) is 0 Å². The summed E-state index contributed by atoms with van der Waals surface area (Å²) in [7, 11) is -0.790. The van der Waals surface area contributed by atoms with E-state index in [9.17, 15) is 0 Å². The second-order valence-corrected chi connectivity index (χ2v) is 16.2. The fourth-order valence-electron chi connectivity index (χ4n) is 2.04. The van der Waals surface area contributed by atoms with Crippen molar-refractivity contribution in [2.75, 3.05) is 0 Å². The molecule has 3 heteroatoms. The quantitative estimate of drug-likeness (QED) is 0.550. The van der Waals surface area contributed by atoms with Crippen molar-refractivity contribution in [3.8, 4) is 0 Å². The number of hydrogen-bond donors (Lipinski definition) is 0. The third-order valence-electron chi connectivity index (χ3n) is 3.57. The number of hydrogen-bond acceptors (Lipinski definition) is 0. The topological polar surface area (TPSA) is 0 Å². The van der Waals surface area contributed by atoms with E-state index in [0.29, 0.717) is 0 Å². The van der Waals surface area contributed by atoms with Crippen molar-refractivity contribution >= 4 is 26.4 Å². The van der Waals surface area contributed by atoms with Crippen LogP contribution in [0.1, 0.15) is 19.8 Å². The van der Waals surface area contributed by atoms with Crippen molar-refractivity contribution in [3.05, 3.63) is 0 Å². The molecule has 2 atom stereocenters. The molecule has 0 spiro atoms. The molecule has 0 aliphatic carbocycles. The fraction of sp³-hybridized carbons (Fsp3) is 1.00. The van der Waals surface area contributed by atoms with Crippen molar-refractivity contribution in [1.82, 2.24) is 0 Å². The minimum atomic E-state index is -0.287. The van der Waals surface area contributed by atoms with Crippen LogP contribution >= 0.6 is 0 Å². The average molecular weight is 261 g/mol. The lowest BCUT2D eigenvalue weighted by Gasteiger charge is -2.12. The maximum atomic E-state index is 2.60. The van der Waals surface area contributed by atoms with E-state index in [1.807, 2.05) is 0 Å². The van der Waals surface area contributed by atoms with Gasteiger partial charge in [-0.25, -0.2) is 0 Å². The number of rotatable bonds is 9. The lowest BCUT2D eigenvalue weighted by molar-refractivity contribution is 0.985. The van der Waals surface area contributed by atoms with Gasteiger partial charge in [0.1, 0.15) is 0 Å². The van der Waals surface area contributed by atoms with Crippen LogP contribution in [0.3, 0.4) is 0 Å². The molecule has 0 saturated carbocycles. The smallest absolute Gasteiger partial charge is 0.0336 e. The Labute approximate surface area is 103 Å². The summed E-state index contributed by atoms with van der Waals surface area (Å²) in [5, 5.41) is 0. The zero-order valence-corrected chi connectivity index (χ0v) is 15.1. The van der Waals surface area contributed by atoms with E-state index in [1.165, 1.54) is 6.04 Å². The highest BCUT2D eigenvalue weighted by Crippen LogP contribution is 2.13. The molecule has 0 amide bonds. The van der Waals surface area contributed by atoms with Gasteiger partial charge < -0.3 is 0 Å². The third-order valence-corrected chi connectivity index (χ3v) is 10.7. The molecule has 0 aromatic carbocycles. The molecular weight excluding hydrogens is 228 g/mol. The summed E-state index contributed by atoms with van der Waals surface area (Å²) in [6.45, 7) is 12.5. The van der Waals surface area contributed by atoms with Gasteiger partial charge in [-0.3, -0.25) is 0 Å². The van der Waals surface area contributed by atoms with Gasteiger partial charge in [0.15, 0.2) is 0 Å². The molecule has 0 heterocycles. The van der Waals surface area contributed by atoms with Gasteiger partial charge in [-0.2, -0.15) is 0 Å². The minimum absolute atomic E-state index is 0.249. The highest BCUT2D eigenvalue weighted by molar-refractivity contribution is 6.59. The first-order chi connectivity index (χ1) is 7.06. The first-order valence-corrected chi connectivity index (χ1v) is 15.8. The van der Waals surface area contributed by atoms with Gasteiger partial charge in [-0.05, 0) is 0 Å². The molecule has 0 nitrogen and oxygen atoms in total. The molecule has 0 N–H and O–H groups in total. The van der Waals surface area contributed by atoms with E-state index in [-0.39, 0.29) is 26.4 Å². The molecule has 0 aromatic heterocycles. The van der Waals surface area contributed by atoms with Crippen molar-refractivity contribution in [3.63, 3.8) is 0 Å². The van der Waals surface area contributed by atoms with Gasteiger partial charge in [-0.15, -0.1) is 0 Å². The Morgan fingerprint density at radius 1 is 0.667 bits per heavy atom. The predicted octanol–water partition coefficient (Wildman–Crippen LogP) is 3.99. The zero-order chi connectivity index (χ0) is 11.7. The van der Waals surface area contributed by atoms with Crippen LogP contribution in [0.25, 0.3) is 0 Å². The van der Waals surface area contributed by atoms with E-state index in [2.05, 4.69) is 33.1 Å². The highest BCUT2D eigenvalue weighted by atomic mass is 28.3. The Morgan fingerprint density at radius 3 is 1.60 bits per heavy atom. The van der Waals surface area contributed by atoms with Crippen molar-refractivity contribution in [2.24, 2.45) is 0 Å². The second-order valence-electron chi connectivity index (χ2n) is 5.87. The SMILES string of the molecule is CC[SiH](C)CCC[SiH](C)CCC[SiH](C)C. The van der Waals surface area contributed by atoms with Crippen LogP contribution in [-0.4, -0.2) is 26.4 Å². The molecule has 92 valence electrons. The fourth-order valence-corrected chi connectivity index (χ4v) is 7.53. The van der Waals surface area contributed by atoms with E-state index in [0.717, 1.165) is 0 Å². The molecule has 0 radical (unpaired) electrons. The van der Waals surface area contributed by atoms with E-state index >= 15 is 0 Å². The Morgan fingerprint density at radius 2 is 1.13 bits per heavy atom. The summed E-state index contributed by atoms with van der Waals surface area (Å²) in [4.78, 5) is 0. The first kappa shape index (κ1) is 15.7. The van der Waals surface area contributed by atoms with Crippen LogP contribution in [0.4, 0.5) is 0 Å². The van der Waals surface area contributed by atoms with Crippen LogP contribution in [0.5, 0.6) is 0 Å². The normalized spacial score (nSPS) is 15.6. The van der Waals surface area contributed by atoms with E-state index < -0.39 is 0 Å². The molecule has 2 unspecified atom stereocenters. The van der Waals surface area contributed by atoms with Crippen LogP contribution in [0.2, 0.25) is 56.4 Å². The third kappa shape index (κ3) is 10.9. The monoisotopic (exact) mass is 260 g/mol. The van der Waals surface area contributed by atoms with Crippen LogP contribution < -0.4 is 0 Å². The predicted molar refractivity (Wildman–Crippen MR) is 83.8 cm³/mol. The van der Waals surface area contributed by atoms with Crippen molar-refractivity contribution < 1.29 is 0 Å². The van der Waals surface area contributed by atoms with Crippen molar-refractivity contribution in [2.45, 2.75) is 76.2 Å². The lowest BCUT2D eigenvalue weighted by atomic mass is 10.6. The lowest BCUT2D eigenvalue weighted by Crippen LogP contribution is -2.10. The Hall–Kier alpha value is 0.651. The van der Waals surface area contributed by atoms with Crippen LogP contribution in [-0.2, 0) is 0 Å². The van der Waals surface area contributed by atoms with Gasteiger partial charge in [0.25, 0.3) is 0 Å². The second kappa shape index (κ2) is 9.85. The zero-order valence-electron chi connectivity index (χ0n) is 11.7. The molecule has 0 bridgehead atoms. The molecule has 0 saturated heterocycles. The van der Waals surface area contributed by atoms with Gasteiger partial charge in [0.2, 0.25) is 0 Å². The van der Waals surface area contributed by atoms with Crippen molar-refractivity contribution in [1.29, 1.82) is 0 Å². The van der Waals surface area contributed by atoms with Gasteiger partial charge in [0, 0.05) is 26.4 Å². The molecule has 0 rings (SSSR count). The van der Waals surface area contributed by atoms with Gasteiger partial charge in [-0.1, -0.05) is 76.2 Å². The molecule has 0 aliphatic rings. The Bertz CT molecular complexity index is 137. The first-order valence-electron chi connectivity index (χ1n) is 7.06. The average Bonchev–Trinajstić information content (AvgIpc) is 2.17. The molecule has 0 fully saturated rings. The van der Waals surface area contributed by atoms with E-state index in [1.54, 1.807) is 37.0 Å². The summed E-state index contributed by atoms with van der Waals surface area (Å²) in [5.74, 6) is 0. The summed E-state index contributed by atoms with van der Waals surface area (Å²) < 4.78 is 0. The molecular formula is C12H32Si3. The van der Waals surface area contributed by atoms with Crippen LogP contribution in [0.15, 0.2) is 0 Å². The van der Waals surface area contributed by atoms with Gasteiger partial charge >= 0.3 is 0 Å². The highest BCUT2D eigenvalue weighted by Gasteiger charge is 2.06. The maximum absolute atomic E-state index is 2.60. The maximum Gasteiger partial charge on any atom is 0.0336 e. The minimum Gasteiger partial charge on any atom is -0.0722 e. The van der Waals surface area contributed by atoms with E-state index in [4.69, 9.17) is 0 Å². The van der Waals surface area contributed by atoms with Crippen LogP contribution in [0, 0.1) is 0 Å². The largest absolute Gasteiger partial charge is 0.0722 e. The summed E-state index contributed by atoms with van der Waals surface area (Å²) in [6.07, 6.45) is 3.14. The standard InChI is InChI=1S/C12H32Si3/c1-6-14(4)10-8-12-15(5)11-7-9-13(2)3/h13-15H,6-12H2,1-5H3. The summed E-state index contributed by atoms with van der Waals surface area (Å²) >= 11 is 0.